The number of hydrogen-bond donors (Lipinski definition) is 0. The van der Waals surface area contributed by atoms with E-state index in [4.69, 9.17) is 0 Å². The Morgan fingerprint density at radius 1 is 1.10 bits per heavy atom. The second-order valence-electron chi connectivity index (χ2n) is 7.78. The van der Waals surface area contributed by atoms with Gasteiger partial charge in [0.1, 0.15) is 5.82 Å². The Bertz CT molecular complexity index is 1060. The van der Waals surface area contributed by atoms with Crippen molar-refractivity contribution in [3.8, 4) is 0 Å². The molecule has 1 amide bonds. The minimum Gasteiger partial charge on any atom is -0.355 e. The van der Waals surface area contributed by atoms with E-state index in [2.05, 4.69) is 15.3 Å². The Kier molecular flexibility index (Phi) is 5.55. The summed E-state index contributed by atoms with van der Waals surface area (Å²) in [6.07, 6.45) is -3.41. The van der Waals surface area contributed by atoms with Crippen LogP contribution in [0.2, 0.25) is 0 Å². The predicted octanol–water partition coefficient (Wildman–Crippen LogP) is 3.58. The van der Waals surface area contributed by atoms with E-state index in [1.165, 1.54) is 6.07 Å². The van der Waals surface area contributed by atoms with Crippen molar-refractivity contribution >= 4 is 17.4 Å². The van der Waals surface area contributed by atoms with E-state index < -0.39 is 12.0 Å². The van der Waals surface area contributed by atoms with E-state index >= 15 is 0 Å². The molecule has 3 aromatic rings. The highest BCUT2D eigenvalue weighted by Gasteiger charge is 2.38. The summed E-state index contributed by atoms with van der Waals surface area (Å²) in [5.41, 5.74) is 1.11. The van der Waals surface area contributed by atoms with Gasteiger partial charge in [-0.15, -0.1) is 15.3 Å². The zero-order chi connectivity index (χ0) is 22.2. The van der Waals surface area contributed by atoms with Crippen LogP contribution in [0.1, 0.15) is 37.2 Å². The van der Waals surface area contributed by atoms with Gasteiger partial charge in [-0.05, 0) is 37.5 Å². The number of fused-ring (bicyclic) bond motifs is 1. The van der Waals surface area contributed by atoms with Gasteiger partial charge in [-0.3, -0.25) is 4.79 Å². The fourth-order valence-corrected chi connectivity index (χ4v) is 3.91. The van der Waals surface area contributed by atoms with E-state index in [0.717, 1.165) is 10.1 Å². The van der Waals surface area contributed by atoms with Gasteiger partial charge in [0.25, 0.3) is 5.82 Å². The molecule has 0 radical (unpaired) electrons. The average Bonchev–Trinajstić information content (AvgIpc) is 3.22. The molecule has 0 saturated carbocycles. The number of carbonyl (C=O) groups is 1. The van der Waals surface area contributed by atoms with Crippen LogP contribution in [0, 0.1) is 5.92 Å². The molecule has 1 aliphatic heterocycles. The van der Waals surface area contributed by atoms with Crippen molar-refractivity contribution in [3.63, 3.8) is 0 Å². The summed E-state index contributed by atoms with van der Waals surface area (Å²) in [6.45, 7) is 3.07. The molecule has 3 heterocycles. The van der Waals surface area contributed by atoms with Crippen LogP contribution >= 0.6 is 0 Å². The monoisotopic (exact) mass is 432 g/mol. The van der Waals surface area contributed by atoms with E-state index in [9.17, 15) is 18.0 Å². The molecule has 0 bridgehead atoms. The highest BCUT2D eigenvalue weighted by atomic mass is 19.4. The Morgan fingerprint density at radius 3 is 2.42 bits per heavy atom. The topological polar surface area (TPSA) is 66.6 Å². The Hall–Kier alpha value is -3.17. The summed E-state index contributed by atoms with van der Waals surface area (Å²) < 4.78 is 40.1. The predicted molar refractivity (Wildman–Crippen MR) is 108 cm³/mol. The number of amides is 1. The number of halogens is 3. The van der Waals surface area contributed by atoms with Crippen molar-refractivity contribution in [2.75, 3.05) is 25.0 Å². The molecule has 1 saturated heterocycles. The number of rotatable bonds is 4. The molecule has 4 rings (SSSR count). The van der Waals surface area contributed by atoms with Crippen LogP contribution in [0.4, 0.5) is 19.0 Å². The largest absolute Gasteiger partial charge is 0.453 e. The summed E-state index contributed by atoms with van der Waals surface area (Å²) in [7, 11) is 1.81. The smallest absolute Gasteiger partial charge is 0.355 e. The van der Waals surface area contributed by atoms with Crippen molar-refractivity contribution in [2.45, 2.75) is 32.0 Å². The molecule has 1 aliphatic rings. The van der Waals surface area contributed by atoms with Crippen molar-refractivity contribution in [1.29, 1.82) is 0 Å². The maximum Gasteiger partial charge on any atom is 0.453 e. The zero-order valence-corrected chi connectivity index (χ0v) is 17.3. The molecule has 164 valence electrons. The van der Waals surface area contributed by atoms with Crippen LogP contribution in [0.15, 0.2) is 42.5 Å². The van der Waals surface area contributed by atoms with Gasteiger partial charge < -0.3 is 9.80 Å². The first-order valence-electron chi connectivity index (χ1n) is 10.1. The molecule has 10 heteroatoms. The van der Waals surface area contributed by atoms with Crippen LogP contribution in [0.25, 0.3) is 5.65 Å². The van der Waals surface area contributed by atoms with Gasteiger partial charge in [-0.25, -0.2) is 0 Å². The van der Waals surface area contributed by atoms with Crippen LogP contribution in [-0.4, -0.2) is 50.8 Å². The fourth-order valence-electron chi connectivity index (χ4n) is 3.91. The van der Waals surface area contributed by atoms with E-state index in [0.29, 0.717) is 31.7 Å². The lowest BCUT2D eigenvalue weighted by molar-refractivity contribution is -0.146. The van der Waals surface area contributed by atoms with Crippen LogP contribution in [0.5, 0.6) is 0 Å². The number of nitrogens with zero attached hydrogens (tertiary/aromatic N) is 6. The third kappa shape index (κ3) is 4.19. The number of anilines is 1. The van der Waals surface area contributed by atoms with Crippen molar-refractivity contribution < 1.29 is 18.0 Å². The SMILES string of the molecule is C[C@H](c1ccccc1)N(C)C(=O)C1CCN(c2ccc3nnc(C(F)(F)F)n3n2)CC1. The number of piperidine rings is 1. The van der Waals surface area contributed by atoms with Crippen molar-refractivity contribution in [1.82, 2.24) is 24.7 Å². The molecule has 1 fully saturated rings. The minimum atomic E-state index is -4.63. The summed E-state index contributed by atoms with van der Waals surface area (Å²) in [5, 5.41) is 10.8. The maximum absolute atomic E-state index is 13.1. The van der Waals surface area contributed by atoms with Crippen LogP contribution < -0.4 is 4.90 Å². The minimum absolute atomic E-state index is 0.0367. The molecule has 1 aromatic carbocycles. The van der Waals surface area contributed by atoms with E-state index in [1.807, 2.05) is 49.2 Å². The van der Waals surface area contributed by atoms with E-state index in [-0.39, 0.29) is 23.5 Å². The molecule has 0 N–H and O–H groups in total. The number of hydrogen-bond acceptors (Lipinski definition) is 5. The third-order valence-corrected chi connectivity index (χ3v) is 5.88. The highest BCUT2D eigenvalue weighted by molar-refractivity contribution is 5.79. The fraction of sp³-hybridized carbons (Fsp3) is 0.429. The van der Waals surface area contributed by atoms with E-state index in [1.54, 1.807) is 11.0 Å². The van der Waals surface area contributed by atoms with Gasteiger partial charge in [0.15, 0.2) is 5.65 Å². The first-order valence-corrected chi connectivity index (χ1v) is 10.1. The van der Waals surface area contributed by atoms with Gasteiger partial charge >= 0.3 is 6.18 Å². The first-order chi connectivity index (χ1) is 14.8. The molecule has 2 aromatic heterocycles. The molecular formula is C21H23F3N6O. The molecule has 31 heavy (non-hydrogen) atoms. The second-order valence-corrected chi connectivity index (χ2v) is 7.78. The molecule has 1 atom stereocenters. The van der Waals surface area contributed by atoms with Crippen LogP contribution in [-0.2, 0) is 11.0 Å². The van der Waals surface area contributed by atoms with Gasteiger partial charge in [0.05, 0.1) is 6.04 Å². The lowest BCUT2D eigenvalue weighted by atomic mass is 9.94. The van der Waals surface area contributed by atoms with Gasteiger partial charge in [-0.1, -0.05) is 30.3 Å². The van der Waals surface area contributed by atoms with Gasteiger partial charge in [-0.2, -0.15) is 17.7 Å². The van der Waals surface area contributed by atoms with Crippen LogP contribution in [0.3, 0.4) is 0 Å². The maximum atomic E-state index is 13.1. The summed E-state index contributed by atoms with van der Waals surface area (Å²) >= 11 is 0. The standard InChI is InChI=1S/C21H23F3N6O/c1-14(15-6-4-3-5-7-15)28(2)19(31)16-10-12-29(13-11-16)18-9-8-17-25-26-20(21(22,23)24)30(17)27-18/h3-9,14,16H,10-13H2,1-2H3/t14-/m1/s1. The summed E-state index contributed by atoms with van der Waals surface area (Å²) in [6, 6.07) is 12.9. The lowest BCUT2D eigenvalue weighted by Crippen LogP contribution is -2.42. The normalized spacial score (nSPS) is 16.5. The molecule has 0 aliphatic carbocycles. The molecular weight excluding hydrogens is 409 g/mol. The Balaban J connectivity index is 1.43. The number of alkyl halides is 3. The Morgan fingerprint density at radius 2 is 1.77 bits per heavy atom. The molecule has 7 nitrogen and oxygen atoms in total. The summed E-state index contributed by atoms with van der Waals surface area (Å²) in [5.74, 6) is -0.782. The summed E-state index contributed by atoms with van der Waals surface area (Å²) in [4.78, 5) is 16.7. The average molecular weight is 432 g/mol. The second kappa shape index (κ2) is 8.16. The Labute approximate surface area is 177 Å². The lowest BCUT2D eigenvalue weighted by Gasteiger charge is -2.35. The molecule has 0 unspecified atom stereocenters. The number of carbonyl (C=O) groups excluding carboxylic acids is 1. The first kappa shape index (κ1) is 21.1. The number of aromatic nitrogens is 4. The molecule has 0 spiro atoms. The highest BCUT2D eigenvalue weighted by Crippen LogP contribution is 2.29. The zero-order valence-electron chi connectivity index (χ0n) is 17.3. The van der Waals surface area contributed by atoms with Gasteiger partial charge in [0, 0.05) is 26.1 Å². The van der Waals surface area contributed by atoms with Crippen molar-refractivity contribution in [2.24, 2.45) is 5.92 Å². The van der Waals surface area contributed by atoms with Gasteiger partial charge in [0.2, 0.25) is 5.91 Å². The number of benzene rings is 1. The third-order valence-electron chi connectivity index (χ3n) is 5.88. The quantitative estimate of drug-likeness (QED) is 0.631. The van der Waals surface area contributed by atoms with Crippen molar-refractivity contribution in [3.05, 3.63) is 53.9 Å².